The van der Waals surface area contributed by atoms with Crippen LogP contribution in [0.3, 0.4) is 0 Å². The predicted octanol–water partition coefficient (Wildman–Crippen LogP) is 3.06. The second-order valence-electron chi connectivity index (χ2n) is 5.65. The Bertz CT molecular complexity index is 725. The van der Waals surface area contributed by atoms with Gasteiger partial charge in [-0.2, -0.15) is 0 Å². The lowest BCUT2D eigenvalue weighted by Crippen LogP contribution is -2.24. The van der Waals surface area contributed by atoms with Crippen LogP contribution in [0, 0.1) is 6.92 Å². The number of nitrogens with one attached hydrogen (secondary N) is 2. The van der Waals surface area contributed by atoms with E-state index in [2.05, 4.69) is 15.6 Å². The van der Waals surface area contributed by atoms with Gasteiger partial charge >= 0.3 is 0 Å². The summed E-state index contributed by atoms with van der Waals surface area (Å²) in [6.07, 6.45) is 0.914. The van der Waals surface area contributed by atoms with E-state index in [0.29, 0.717) is 24.6 Å². The number of hydrogen-bond acceptors (Lipinski definition) is 2. The third-order valence-electron chi connectivity index (χ3n) is 3.45. The van der Waals surface area contributed by atoms with Crippen molar-refractivity contribution in [3.8, 4) is 0 Å². The Kier molecular flexibility index (Phi) is 6.37. The molecule has 0 aromatic heterocycles. The highest BCUT2D eigenvalue weighted by atomic mass is 16.1. The number of benzene rings is 2. The minimum absolute atomic E-state index is 0.0615. The fourth-order valence-corrected chi connectivity index (χ4v) is 2.24. The van der Waals surface area contributed by atoms with E-state index in [4.69, 9.17) is 5.73 Å². The van der Waals surface area contributed by atoms with E-state index < -0.39 is 0 Å². The van der Waals surface area contributed by atoms with Gasteiger partial charge in [-0.3, -0.25) is 4.79 Å². The van der Waals surface area contributed by atoms with Gasteiger partial charge in [0.1, 0.15) is 0 Å². The van der Waals surface area contributed by atoms with Gasteiger partial charge in [-0.05, 0) is 48.7 Å². The number of aryl methyl sites for hydroxylation is 1. The van der Waals surface area contributed by atoms with Crippen molar-refractivity contribution < 1.29 is 4.79 Å². The molecule has 0 saturated carbocycles. The van der Waals surface area contributed by atoms with Crippen molar-refractivity contribution in [3.63, 3.8) is 0 Å². The summed E-state index contributed by atoms with van der Waals surface area (Å²) in [5.74, 6) is 0.287. The third-order valence-corrected chi connectivity index (χ3v) is 3.45. The Morgan fingerprint density at radius 3 is 2.71 bits per heavy atom. The predicted molar refractivity (Wildman–Crippen MR) is 99.2 cm³/mol. The Morgan fingerprint density at radius 2 is 1.96 bits per heavy atom. The molecule has 126 valence electrons. The molecule has 2 rings (SSSR count). The van der Waals surface area contributed by atoms with Crippen molar-refractivity contribution in [2.24, 2.45) is 10.7 Å². The number of carbonyl (C=O) groups is 1. The quantitative estimate of drug-likeness (QED) is 0.564. The number of rotatable bonds is 6. The molecule has 0 bridgehead atoms. The van der Waals surface area contributed by atoms with Crippen LogP contribution in [0.2, 0.25) is 0 Å². The monoisotopic (exact) mass is 324 g/mol. The molecular weight excluding hydrogens is 300 g/mol. The van der Waals surface area contributed by atoms with Crippen molar-refractivity contribution in [3.05, 3.63) is 65.2 Å². The summed E-state index contributed by atoms with van der Waals surface area (Å²) in [4.78, 5) is 16.3. The zero-order chi connectivity index (χ0) is 17.4. The molecule has 0 atom stereocenters. The van der Waals surface area contributed by atoms with Gasteiger partial charge in [-0.15, -0.1) is 0 Å². The van der Waals surface area contributed by atoms with Crippen LogP contribution in [-0.2, 0) is 6.54 Å². The number of nitrogens with zero attached hydrogens (tertiary/aromatic N) is 1. The lowest BCUT2D eigenvalue weighted by Gasteiger charge is -2.07. The van der Waals surface area contributed by atoms with Crippen molar-refractivity contribution in [2.45, 2.75) is 26.8 Å². The number of guanidine groups is 1. The molecule has 0 saturated heterocycles. The van der Waals surface area contributed by atoms with E-state index in [1.165, 1.54) is 0 Å². The highest BCUT2D eigenvalue weighted by molar-refractivity contribution is 5.94. The molecule has 2 aromatic rings. The minimum Gasteiger partial charge on any atom is -0.370 e. The van der Waals surface area contributed by atoms with Gasteiger partial charge in [0.2, 0.25) is 0 Å². The molecule has 0 fully saturated rings. The van der Waals surface area contributed by atoms with Gasteiger partial charge in [-0.25, -0.2) is 4.99 Å². The summed E-state index contributed by atoms with van der Waals surface area (Å²) in [7, 11) is 0. The molecule has 0 aliphatic rings. The van der Waals surface area contributed by atoms with Crippen LogP contribution in [0.15, 0.2) is 53.5 Å². The van der Waals surface area contributed by atoms with Gasteiger partial charge in [-0.1, -0.05) is 31.2 Å². The molecule has 24 heavy (non-hydrogen) atoms. The lowest BCUT2D eigenvalue weighted by atomic mass is 10.1. The van der Waals surface area contributed by atoms with E-state index in [1.807, 2.05) is 56.3 Å². The molecule has 0 unspecified atom stereocenters. The number of hydrogen-bond donors (Lipinski definition) is 3. The highest BCUT2D eigenvalue weighted by Gasteiger charge is 2.05. The first-order chi connectivity index (χ1) is 11.6. The summed E-state index contributed by atoms with van der Waals surface area (Å²) >= 11 is 0. The van der Waals surface area contributed by atoms with E-state index in [1.54, 1.807) is 6.07 Å². The van der Waals surface area contributed by atoms with Crippen molar-refractivity contribution in [1.29, 1.82) is 0 Å². The van der Waals surface area contributed by atoms with Crippen LogP contribution in [0.1, 0.15) is 34.8 Å². The van der Waals surface area contributed by atoms with Gasteiger partial charge in [0.25, 0.3) is 5.91 Å². The Morgan fingerprint density at radius 1 is 1.17 bits per heavy atom. The maximum atomic E-state index is 12.0. The first-order valence-corrected chi connectivity index (χ1v) is 8.09. The van der Waals surface area contributed by atoms with Crippen LogP contribution >= 0.6 is 0 Å². The van der Waals surface area contributed by atoms with Crippen LogP contribution in [0.5, 0.6) is 0 Å². The second-order valence-corrected chi connectivity index (χ2v) is 5.65. The molecule has 0 aliphatic carbocycles. The zero-order valence-corrected chi connectivity index (χ0v) is 14.2. The lowest BCUT2D eigenvalue weighted by molar-refractivity contribution is 0.0953. The Balaban J connectivity index is 1.99. The van der Waals surface area contributed by atoms with Crippen LogP contribution in [0.25, 0.3) is 0 Å². The van der Waals surface area contributed by atoms with Crippen molar-refractivity contribution in [2.75, 3.05) is 11.9 Å². The summed E-state index contributed by atoms with van der Waals surface area (Å²) in [5, 5.41) is 5.93. The number of amides is 1. The van der Waals surface area contributed by atoms with Gasteiger partial charge in [0.15, 0.2) is 5.96 Å². The summed E-state index contributed by atoms with van der Waals surface area (Å²) in [6.45, 7) is 5.14. The fraction of sp³-hybridized carbons (Fsp3) is 0.263. The molecule has 5 heteroatoms. The molecule has 2 aromatic carbocycles. The van der Waals surface area contributed by atoms with Crippen molar-refractivity contribution in [1.82, 2.24) is 5.32 Å². The number of carbonyl (C=O) groups excluding carboxylic acids is 1. The van der Waals surface area contributed by atoms with E-state index >= 15 is 0 Å². The Hall–Kier alpha value is -2.82. The molecule has 5 nitrogen and oxygen atoms in total. The minimum atomic E-state index is -0.0615. The SMILES string of the molecule is CCCNC(=O)c1cccc(CN=C(N)Nc2cccc(C)c2)c1. The van der Waals surface area contributed by atoms with Crippen LogP contribution < -0.4 is 16.4 Å². The van der Waals surface area contributed by atoms with Crippen molar-refractivity contribution >= 4 is 17.6 Å². The number of aliphatic imine (C=N–C) groups is 1. The third kappa shape index (κ3) is 5.43. The molecule has 0 heterocycles. The molecule has 0 radical (unpaired) electrons. The average Bonchev–Trinajstić information content (AvgIpc) is 2.58. The van der Waals surface area contributed by atoms with E-state index in [0.717, 1.165) is 23.2 Å². The van der Waals surface area contributed by atoms with Gasteiger partial charge in [0.05, 0.1) is 6.54 Å². The largest absolute Gasteiger partial charge is 0.370 e. The number of nitrogens with two attached hydrogens (primary N) is 1. The van der Waals surface area contributed by atoms with Crippen LogP contribution in [0.4, 0.5) is 5.69 Å². The van der Waals surface area contributed by atoms with E-state index in [9.17, 15) is 4.79 Å². The topological polar surface area (TPSA) is 79.5 Å². The summed E-state index contributed by atoms with van der Waals surface area (Å²) in [6, 6.07) is 15.4. The molecule has 0 spiro atoms. The van der Waals surface area contributed by atoms with Gasteiger partial charge < -0.3 is 16.4 Å². The normalized spacial score (nSPS) is 11.2. The maximum Gasteiger partial charge on any atom is 0.251 e. The first-order valence-electron chi connectivity index (χ1n) is 8.09. The number of anilines is 1. The van der Waals surface area contributed by atoms with Crippen LogP contribution in [-0.4, -0.2) is 18.4 Å². The van der Waals surface area contributed by atoms with E-state index in [-0.39, 0.29) is 5.91 Å². The molecule has 0 aliphatic heterocycles. The standard InChI is InChI=1S/C19H24N4O/c1-3-10-21-18(24)16-8-5-7-15(12-16)13-22-19(20)23-17-9-4-6-14(2)11-17/h4-9,11-12H,3,10,13H2,1-2H3,(H,21,24)(H3,20,22,23). The second kappa shape index (κ2) is 8.72. The fourth-order valence-electron chi connectivity index (χ4n) is 2.24. The smallest absolute Gasteiger partial charge is 0.251 e. The highest BCUT2D eigenvalue weighted by Crippen LogP contribution is 2.10. The first kappa shape index (κ1) is 17.5. The van der Waals surface area contributed by atoms with Gasteiger partial charge in [0, 0.05) is 17.8 Å². The Labute approximate surface area is 143 Å². The average molecular weight is 324 g/mol. The maximum absolute atomic E-state index is 12.0. The summed E-state index contributed by atoms with van der Waals surface area (Å²) < 4.78 is 0. The molecule has 1 amide bonds. The summed E-state index contributed by atoms with van der Waals surface area (Å²) in [5.41, 5.74) is 9.56. The molecular formula is C19H24N4O. The molecule has 4 N–H and O–H groups in total. The zero-order valence-electron chi connectivity index (χ0n) is 14.2.